The van der Waals surface area contributed by atoms with Crippen molar-refractivity contribution in [1.82, 2.24) is 9.38 Å². The molecule has 0 bridgehead atoms. The van der Waals surface area contributed by atoms with Crippen LogP contribution in [0.4, 0.5) is 5.69 Å². The van der Waals surface area contributed by atoms with E-state index in [2.05, 4.69) is 10.3 Å². The van der Waals surface area contributed by atoms with E-state index in [-0.39, 0.29) is 12.3 Å². The molecular weight excluding hydrogens is 389 g/mol. The maximum Gasteiger partial charge on any atom is 0.230 e. The van der Waals surface area contributed by atoms with Crippen LogP contribution in [0.3, 0.4) is 0 Å². The minimum Gasteiger partial charge on any atom is -0.324 e. The molecule has 2 heterocycles. The van der Waals surface area contributed by atoms with Gasteiger partial charge in [0.05, 0.1) is 27.8 Å². The molecule has 2 aromatic carbocycles. The van der Waals surface area contributed by atoms with Crippen molar-refractivity contribution in [3.8, 4) is 11.3 Å². The molecular formula is C19H13Cl2N3OS. The zero-order valence-electron chi connectivity index (χ0n) is 13.4. The number of hydrogen-bond acceptors (Lipinski definition) is 3. The number of hydrogen-bond donors (Lipinski definition) is 1. The summed E-state index contributed by atoms with van der Waals surface area (Å²) >= 11 is 13.6. The molecule has 0 radical (unpaired) electrons. The number of aromatic nitrogens is 2. The Balaban J connectivity index is 1.56. The number of carbonyl (C=O) groups excluding carboxylic acids is 1. The molecule has 0 saturated carbocycles. The average molecular weight is 402 g/mol. The number of benzene rings is 2. The molecule has 2 aromatic heterocycles. The van der Waals surface area contributed by atoms with Crippen LogP contribution in [0.1, 0.15) is 5.69 Å². The first-order chi connectivity index (χ1) is 12.6. The van der Waals surface area contributed by atoms with Gasteiger partial charge in [-0.05, 0) is 12.1 Å². The lowest BCUT2D eigenvalue weighted by atomic mass is 10.2. The third-order valence-electron chi connectivity index (χ3n) is 3.92. The van der Waals surface area contributed by atoms with Crippen LogP contribution in [0.15, 0.2) is 60.1 Å². The molecule has 0 spiro atoms. The molecule has 130 valence electrons. The van der Waals surface area contributed by atoms with Gasteiger partial charge in [0.1, 0.15) is 0 Å². The van der Waals surface area contributed by atoms with Gasteiger partial charge in [-0.25, -0.2) is 4.98 Å². The zero-order chi connectivity index (χ0) is 18.1. The van der Waals surface area contributed by atoms with Crippen LogP contribution in [0.5, 0.6) is 0 Å². The number of anilines is 1. The molecule has 4 aromatic rings. The molecule has 0 aliphatic rings. The standard InChI is InChI=1S/C19H13Cl2N3OS/c20-14-7-4-8-15(18(14)21)22-17(25)9-13-11-26-19-23-16(10-24(13)19)12-5-2-1-3-6-12/h1-8,10-11H,9H2,(H,22,25). The molecule has 4 rings (SSSR count). The molecule has 0 aliphatic heterocycles. The Labute approximate surface area is 164 Å². The molecule has 7 heteroatoms. The summed E-state index contributed by atoms with van der Waals surface area (Å²) in [6.45, 7) is 0. The number of imidazole rings is 1. The number of carbonyl (C=O) groups is 1. The third-order valence-corrected chi connectivity index (χ3v) is 5.63. The van der Waals surface area contributed by atoms with Gasteiger partial charge in [0.25, 0.3) is 0 Å². The van der Waals surface area contributed by atoms with Gasteiger partial charge < -0.3 is 5.32 Å². The van der Waals surface area contributed by atoms with Gasteiger partial charge in [-0.3, -0.25) is 9.20 Å². The lowest BCUT2D eigenvalue weighted by molar-refractivity contribution is -0.115. The van der Waals surface area contributed by atoms with Crippen LogP contribution < -0.4 is 5.32 Å². The Morgan fingerprint density at radius 3 is 2.73 bits per heavy atom. The van der Waals surface area contributed by atoms with E-state index in [1.807, 2.05) is 46.3 Å². The van der Waals surface area contributed by atoms with E-state index in [4.69, 9.17) is 23.2 Å². The van der Waals surface area contributed by atoms with Crippen LogP contribution in [-0.4, -0.2) is 15.3 Å². The minimum atomic E-state index is -0.163. The second-order valence-corrected chi connectivity index (χ2v) is 7.32. The summed E-state index contributed by atoms with van der Waals surface area (Å²) in [6, 6.07) is 15.1. The Morgan fingerprint density at radius 1 is 1.12 bits per heavy atom. The van der Waals surface area contributed by atoms with Crippen LogP contribution in [-0.2, 0) is 11.2 Å². The van der Waals surface area contributed by atoms with Crippen LogP contribution in [0.2, 0.25) is 10.0 Å². The first-order valence-electron chi connectivity index (χ1n) is 7.86. The summed E-state index contributed by atoms with van der Waals surface area (Å²) in [5.41, 5.74) is 3.31. The highest BCUT2D eigenvalue weighted by atomic mass is 35.5. The van der Waals surface area contributed by atoms with Crippen molar-refractivity contribution in [1.29, 1.82) is 0 Å². The topological polar surface area (TPSA) is 46.4 Å². The summed E-state index contributed by atoms with van der Waals surface area (Å²) in [6.07, 6.45) is 2.17. The molecule has 0 aliphatic carbocycles. The summed E-state index contributed by atoms with van der Waals surface area (Å²) in [5.74, 6) is -0.163. The first-order valence-corrected chi connectivity index (χ1v) is 9.50. The largest absolute Gasteiger partial charge is 0.324 e. The SMILES string of the molecule is O=C(Cc1csc2nc(-c3ccccc3)cn12)Nc1cccc(Cl)c1Cl. The Kier molecular flexibility index (Phi) is 4.68. The Bertz CT molecular complexity index is 1090. The van der Waals surface area contributed by atoms with Crippen molar-refractivity contribution in [2.75, 3.05) is 5.32 Å². The quantitative estimate of drug-likeness (QED) is 0.487. The van der Waals surface area contributed by atoms with Gasteiger partial charge in [-0.2, -0.15) is 0 Å². The number of nitrogens with zero attached hydrogens (tertiary/aromatic N) is 2. The van der Waals surface area contributed by atoms with Crippen molar-refractivity contribution in [3.63, 3.8) is 0 Å². The summed E-state index contributed by atoms with van der Waals surface area (Å²) in [7, 11) is 0. The molecule has 0 atom stereocenters. The van der Waals surface area contributed by atoms with Crippen molar-refractivity contribution >= 4 is 51.1 Å². The third kappa shape index (κ3) is 3.33. The van der Waals surface area contributed by atoms with Gasteiger partial charge in [-0.15, -0.1) is 11.3 Å². The molecule has 0 saturated heterocycles. The highest BCUT2D eigenvalue weighted by Crippen LogP contribution is 2.30. The maximum atomic E-state index is 12.4. The smallest absolute Gasteiger partial charge is 0.230 e. The van der Waals surface area contributed by atoms with Gasteiger partial charge in [-0.1, -0.05) is 59.6 Å². The molecule has 1 N–H and O–H groups in total. The van der Waals surface area contributed by atoms with Crippen LogP contribution in [0.25, 0.3) is 16.2 Å². The number of thiazole rings is 1. The fourth-order valence-corrected chi connectivity index (χ4v) is 3.88. The molecule has 0 unspecified atom stereocenters. The van der Waals surface area contributed by atoms with Gasteiger partial charge in [0, 0.05) is 22.8 Å². The summed E-state index contributed by atoms with van der Waals surface area (Å²) in [5, 5.41) is 5.50. The first kappa shape index (κ1) is 17.1. The fraction of sp³-hybridized carbons (Fsp3) is 0.0526. The predicted molar refractivity (Wildman–Crippen MR) is 107 cm³/mol. The van der Waals surface area contributed by atoms with E-state index in [0.717, 1.165) is 21.9 Å². The van der Waals surface area contributed by atoms with Crippen molar-refractivity contribution in [2.24, 2.45) is 0 Å². The number of nitrogens with one attached hydrogen (secondary N) is 1. The summed E-state index contributed by atoms with van der Waals surface area (Å²) < 4.78 is 1.95. The van der Waals surface area contributed by atoms with Crippen molar-refractivity contribution < 1.29 is 4.79 Å². The zero-order valence-corrected chi connectivity index (χ0v) is 15.8. The summed E-state index contributed by atoms with van der Waals surface area (Å²) in [4.78, 5) is 17.9. The molecule has 0 fully saturated rings. The van der Waals surface area contributed by atoms with Crippen molar-refractivity contribution in [3.05, 3.63) is 75.8 Å². The lowest BCUT2D eigenvalue weighted by Crippen LogP contribution is -2.15. The van der Waals surface area contributed by atoms with Crippen LogP contribution in [0, 0.1) is 0 Å². The second kappa shape index (κ2) is 7.11. The van der Waals surface area contributed by atoms with Gasteiger partial charge in [0.2, 0.25) is 5.91 Å². The number of halogens is 2. The van der Waals surface area contributed by atoms with E-state index in [0.29, 0.717) is 15.7 Å². The Morgan fingerprint density at radius 2 is 1.92 bits per heavy atom. The van der Waals surface area contributed by atoms with E-state index < -0.39 is 0 Å². The number of fused-ring (bicyclic) bond motifs is 1. The van der Waals surface area contributed by atoms with E-state index in [9.17, 15) is 4.79 Å². The Hall–Kier alpha value is -2.34. The fourth-order valence-electron chi connectivity index (χ4n) is 2.66. The van der Waals surface area contributed by atoms with Crippen molar-refractivity contribution in [2.45, 2.75) is 6.42 Å². The second-order valence-electron chi connectivity index (χ2n) is 5.70. The normalized spacial score (nSPS) is 11.0. The van der Waals surface area contributed by atoms with E-state index in [1.54, 1.807) is 18.2 Å². The molecule has 1 amide bonds. The number of rotatable bonds is 4. The highest BCUT2D eigenvalue weighted by Gasteiger charge is 2.14. The molecule has 26 heavy (non-hydrogen) atoms. The van der Waals surface area contributed by atoms with Gasteiger partial charge in [0.15, 0.2) is 4.96 Å². The van der Waals surface area contributed by atoms with Crippen LogP contribution >= 0.6 is 34.5 Å². The lowest BCUT2D eigenvalue weighted by Gasteiger charge is -2.07. The van der Waals surface area contributed by atoms with E-state index >= 15 is 0 Å². The monoisotopic (exact) mass is 401 g/mol. The van der Waals surface area contributed by atoms with E-state index in [1.165, 1.54) is 11.3 Å². The minimum absolute atomic E-state index is 0.163. The maximum absolute atomic E-state index is 12.4. The number of amides is 1. The average Bonchev–Trinajstić information content (AvgIpc) is 3.22. The molecule has 4 nitrogen and oxygen atoms in total. The predicted octanol–water partition coefficient (Wildman–Crippen LogP) is 5.55. The highest BCUT2D eigenvalue weighted by molar-refractivity contribution is 7.15. The van der Waals surface area contributed by atoms with Gasteiger partial charge >= 0.3 is 0 Å².